The number of nitro benzene ring substituents is 1. The van der Waals surface area contributed by atoms with Crippen LogP contribution in [0.4, 0.5) is 5.69 Å². The van der Waals surface area contributed by atoms with Gasteiger partial charge in [-0.1, -0.05) is 21.9 Å². The Balaban J connectivity index is 0.000000187. The van der Waals surface area contributed by atoms with Gasteiger partial charge in [0.1, 0.15) is 0 Å². The number of benzene rings is 1. The smallest absolute Gasteiger partial charge is 0.258 e. The van der Waals surface area contributed by atoms with Crippen LogP contribution in [0.1, 0.15) is 0 Å². The maximum Gasteiger partial charge on any atom is 0.269 e. The summed E-state index contributed by atoms with van der Waals surface area (Å²) in [5.41, 5.74) is 0.0596. The molecule has 1 aromatic carbocycles. The van der Waals surface area contributed by atoms with Crippen LogP contribution >= 0.6 is 11.6 Å². The molecule has 6 nitrogen and oxygen atoms in total. The van der Waals surface area contributed by atoms with Crippen LogP contribution in [-0.2, 0) is 0 Å². The van der Waals surface area contributed by atoms with Crippen LogP contribution in [-0.4, -0.2) is 15.2 Å². The zero-order valence-electron chi connectivity index (χ0n) is 7.41. The van der Waals surface area contributed by atoms with E-state index >= 15 is 0 Å². The molecule has 0 radical (unpaired) electrons. The molecule has 0 bridgehead atoms. The molecule has 0 saturated heterocycles. The van der Waals surface area contributed by atoms with E-state index in [0.29, 0.717) is 5.02 Å². The second-order valence-corrected chi connectivity index (χ2v) is 2.76. The molecule has 0 fully saturated rings. The minimum absolute atomic E-state index is 0.0596. The highest BCUT2D eigenvalue weighted by Gasteiger charge is 2.01. The van der Waals surface area contributed by atoms with Crippen molar-refractivity contribution in [3.63, 3.8) is 0 Å². The van der Waals surface area contributed by atoms with E-state index in [2.05, 4.69) is 14.9 Å². The Hall–Kier alpha value is -1.95. The largest absolute Gasteiger partial charge is 0.269 e. The number of hydrogen-bond acceptors (Lipinski definition) is 5. The lowest BCUT2D eigenvalue weighted by Gasteiger charge is -1.88. The second-order valence-electron chi connectivity index (χ2n) is 2.32. The van der Waals surface area contributed by atoms with Crippen molar-refractivity contribution < 1.29 is 9.55 Å². The van der Waals surface area contributed by atoms with Crippen LogP contribution in [0.3, 0.4) is 0 Å². The molecule has 0 saturated carbocycles. The lowest BCUT2D eigenvalue weighted by Crippen LogP contribution is -1.85. The fraction of sp³-hybridized carbons (Fsp3) is 0. The van der Waals surface area contributed by atoms with Gasteiger partial charge in [0.05, 0.1) is 17.3 Å². The summed E-state index contributed by atoms with van der Waals surface area (Å²) in [5, 5.41) is 17.1. The van der Waals surface area contributed by atoms with Crippen molar-refractivity contribution in [2.24, 2.45) is 0 Å². The predicted molar refractivity (Wildman–Crippen MR) is 52.4 cm³/mol. The number of nitro groups is 1. The molecule has 0 aliphatic heterocycles. The molecule has 2 rings (SSSR count). The summed E-state index contributed by atoms with van der Waals surface area (Å²) in [5.74, 6) is 0. The Labute approximate surface area is 89.6 Å². The molecule has 0 N–H and O–H groups in total. The molecule has 7 heteroatoms. The zero-order chi connectivity index (χ0) is 11.1. The summed E-state index contributed by atoms with van der Waals surface area (Å²) in [7, 11) is 0. The van der Waals surface area contributed by atoms with Gasteiger partial charge in [0.15, 0.2) is 0 Å². The maximum atomic E-state index is 10.1. The summed E-state index contributed by atoms with van der Waals surface area (Å²) >= 11 is 5.49. The van der Waals surface area contributed by atoms with E-state index in [9.17, 15) is 10.1 Å². The Morgan fingerprint density at radius 3 is 2.07 bits per heavy atom. The van der Waals surface area contributed by atoms with E-state index in [0.717, 1.165) is 0 Å². The average molecular weight is 228 g/mol. The van der Waals surface area contributed by atoms with Crippen LogP contribution in [0.25, 0.3) is 0 Å². The Morgan fingerprint density at radius 2 is 1.73 bits per heavy atom. The fourth-order valence-corrected chi connectivity index (χ4v) is 0.825. The third-order valence-corrected chi connectivity index (χ3v) is 1.57. The topological polar surface area (TPSA) is 82.1 Å². The molecule has 0 spiro atoms. The van der Waals surface area contributed by atoms with Crippen molar-refractivity contribution in [3.8, 4) is 0 Å². The van der Waals surface area contributed by atoms with Gasteiger partial charge in [-0.2, -0.15) is 0 Å². The normalized spacial score (nSPS) is 8.87. The monoisotopic (exact) mass is 227 g/mol. The molecule has 78 valence electrons. The lowest BCUT2D eigenvalue weighted by molar-refractivity contribution is -0.384. The molecule has 2 aromatic rings. The van der Waals surface area contributed by atoms with Crippen molar-refractivity contribution in [2.75, 3.05) is 0 Å². The lowest BCUT2D eigenvalue weighted by atomic mass is 10.3. The standard InChI is InChI=1S/C6H4ClNO2.C2H2N2O/c7-5-1-3-6(4-2-5)8(9)10;1-2-4-5-3-1/h1-4H;1-2H. The van der Waals surface area contributed by atoms with Crippen LogP contribution < -0.4 is 0 Å². The van der Waals surface area contributed by atoms with E-state index < -0.39 is 4.92 Å². The van der Waals surface area contributed by atoms with Crippen LogP contribution in [0.15, 0.2) is 41.3 Å². The molecule has 0 aliphatic rings. The first-order chi connectivity index (χ1) is 7.20. The number of rotatable bonds is 1. The predicted octanol–water partition coefficient (Wildman–Crippen LogP) is 2.32. The molecule has 0 atom stereocenters. The Morgan fingerprint density at radius 1 is 1.20 bits per heavy atom. The van der Waals surface area contributed by atoms with Gasteiger partial charge in [-0.25, -0.2) is 4.63 Å². The minimum Gasteiger partial charge on any atom is -0.258 e. The average Bonchev–Trinajstić information content (AvgIpc) is 2.76. The number of hydrogen-bond donors (Lipinski definition) is 0. The van der Waals surface area contributed by atoms with E-state index in [1.165, 1.54) is 36.7 Å². The van der Waals surface area contributed by atoms with E-state index in [-0.39, 0.29) is 5.69 Å². The molecule has 0 amide bonds. The number of halogens is 1. The van der Waals surface area contributed by atoms with Crippen LogP contribution in [0.5, 0.6) is 0 Å². The minimum atomic E-state index is -0.462. The molecular weight excluding hydrogens is 222 g/mol. The molecule has 0 unspecified atom stereocenters. The van der Waals surface area contributed by atoms with E-state index in [1.807, 2.05) is 0 Å². The van der Waals surface area contributed by atoms with Gasteiger partial charge in [0, 0.05) is 17.2 Å². The summed E-state index contributed by atoms with van der Waals surface area (Å²) in [6, 6.07) is 5.70. The first-order valence-corrected chi connectivity index (χ1v) is 4.19. The van der Waals surface area contributed by atoms with E-state index in [4.69, 9.17) is 11.6 Å². The first-order valence-electron chi connectivity index (χ1n) is 3.81. The Kier molecular flexibility index (Phi) is 4.24. The summed E-state index contributed by atoms with van der Waals surface area (Å²) in [4.78, 5) is 9.61. The zero-order valence-corrected chi connectivity index (χ0v) is 8.16. The number of non-ortho nitro benzene ring substituents is 1. The Bertz CT molecular complexity index is 384. The third kappa shape index (κ3) is 4.19. The molecule has 0 aliphatic carbocycles. The van der Waals surface area contributed by atoms with Crippen molar-refractivity contribution in [1.29, 1.82) is 0 Å². The van der Waals surface area contributed by atoms with Gasteiger partial charge in [-0.15, -0.1) is 0 Å². The van der Waals surface area contributed by atoms with Crippen molar-refractivity contribution in [3.05, 3.63) is 51.8 Å². The highest BCUT2D eigenvalue weighted by molar-refractivity contribution is 6.30. The molecular formula is C8H6ClN3O3. The molecule has 15 heavy (non-hydrogen) atoms. The van der Waals surface area contributed by atoms with Gasteiger partial charge in [-0.05, 0) is 12.1 Å². The SMILES string of the molecule is O=[N+]([O-])c1ccc(Cl)cc1.c1cnon1. The van der Waals surface area contributed by atoms with Gasteiger partial charge in [-0.3, -0.25) is 10.1 Å². The summed E-state index contributed by atoms with van der Waals surface area (Å²) in [6.45, 7) is 0. The second kappa shape index (κ2) is 5.71. The fourth-order valence-electron chi connectivity index (χ4n) is 0.699. The van der Waals surface area contributed by atoms with Gasteiger partial charge < -0.3 is 0 Å². The van der Waals surface area contributed by atoms with Crippen molar-refractivity contribution >= 4 is 17.3 Å². The maximum absolute atomic E-state index is 10.1. The first kappa shape index (κ1) is 11.1. The number of aromatic nitrogens is 2. The molecule has 1 aromatic heterocycles. The highest BCUT2D eigenvalue weighted by atomic mass is 35.5. The highest BCUT2D eigenvalue weighted by Crippen LogP contribution is 2.14. The van der Waals surface area contributed by atoms with E-state index in [1.54, 1.807) is 0 Å². The third-order valence-electron chi connectivity index (χ3n) is 1.32. The van der Waals surface area contributed by atoms with Crippen LogP contribution in [0.2, 0.25) is 5.02 Å². The van der Waals surface area contributed by atoms with Gasteiger partial charge in [0.2, 0.25) is 0 Å². The van der Waals surface area contributed by atoms with Crippen molar-refractivity contribution in [1.82, 2.24) is 10.3 Å². The quantitative estimate of drug-likeness (QED) is 0.552. The number of nitrogens with zero attached hydrogens (tertiary/aromatic N) is 3. The summed E-state index contributed by atoms with van der Waals surface area (Å²) < 4.78 is 4.08. The molecule has 1 heterocycles. The van der Waals surface area contributed by atoms with Crippen molar-refractivity contribution in [2.45, 2.75) is 0 Å². The van der Waals surface area contributed by atoms with Gasteiger partial charge in [0.25, 0.3) is 5.69 Å². The van der Waals surface area contributed by atoms with Crippen LogP contribution in [0, 0.1) is 10.1 Å². The summed E-state index contributed by atoms with van der Waals surface area (Å²) in [6.07, 6.45) is 2.94. The van der Waals surface area contributed by atoms with Gasteiger partial charge >= 0.3 is 0 Å².